The zero-order valence-electron chi connectivity index (χ0n) is 13.4. The number of carbonyl (C=O) groups excluding carboxylic acids is 2. The summed E-state index contributed by atoms with van der Waals surface area (Å²) in [4.78, 5) is 28.3. The lowest BCUT2D eigenvalue weighted by atomic mass is 10.1. The van der Waals surface area contributed by atoms with Crippen molar-refractivity contribution in [3.8, 4) is 0 Å². The molecule has 0 aromatic heterocycles. The summed E-state index contributed by atoms with van der Waals surface area (Å²) >= 11 is 1.24. The Labute approximate surface area is 145 Å². The molecule has 1 heterocycles. The van der Waals surface area contributed by atoms with Crippen LogP contribution in [0.5, 0.6) is 0 Å². The van der Waals surface area contributed by atoms with E-state index < -0.39 is 6.03 Å². The third-order valence-electron chi connectivity index (χ3n) is 3.75. The summed E-state index contributed by atoms with van der Waals surface area (Å²) in [6.07, 6.45) is 7.28. The number of allylic oxidation sites excluding steroid dienone is 1. The SMILES string of the molecule is [N-]=[N+]=NC(=O)N(Cc1ccccc1)[C@@H]1/C=C\CCCCC(=O)SC1. The van der Waals surface area contributed by atoms with E-state index in [2.05, 4.69) is 10.0 Å². The first-order chi connectivity index (χ1) is 11.7. The van der Waals surface area contributed by atoms with Crippen LogP contribution in [0.2, 0.25) is 0 Å². The van der Waals surface area contributed by atoms with Crippen LogP contribution in [-0.2, 0) is 11.3 Å². The lowest BCUT2D eigenvalue weighted by molar-refractivity contribution is -0.111. The molecule has 2 amide bonds. The molecule has 2 rings (SSSR count). The summed E-state index contributed by atoms with van der Waals surface area (Å²) in [5.41, 5.74) is 9.55. The van der Waals surface area contributed by atoms with Gasteiger partial charge in [0.1, 0.15) is 0 Å². The topological polar surface area (TPSA) is 86.1 Å². The lowest BCUT2D eigenvalue weighted by Crippen LogP contribution is -2.38. The highest BCUT2D eigenvalue weighted by Gasteiger charge is 2.22. The van der Waals surface area contributed by atoms with Crippen LogP contribution in [0.25, 0.3) is 10.4 Å². The molecule has 126 valence electrons. The van der Waals surface area contributed by atoms with Crippen molar-refractivity contribution in [3.05, 3.63) is 58.5 Å². The zero-order valence-corrected chi connectivity index (χ0v) is 14.2. The summed E-state index contributed by atoms with van der Waals surface area (Å²) in [5.74, 6) is 0.467. The predicted molar refractivity (Wildman–Crippen MR) is 95.4 cm³/mol. The number of azide groups is 1. The highest BCUT2D eigenvalue weighted by molar-refractivity contribution is 8.13. The summed E-state index contributed by atoms with van der Waals surface area (Å²) < 4.78 is 0. The van der Waals surface area contributed by atoms with Crippen molar-refractivity contribution in [2.24, 2.45) is 5.11 Å². The molecular weight excluding hydrogens is 324 g/mol. The standard InChI is InChI=1S/C17H20N4O2S/c18-20-19-17(23)21(12-14-8-4-3-5-9-14)15-10-6-1-2-7-11-16(22)24-13-15/h3-6,8-10,15H,1-2,7,11-13H2/b10-6-/t15-/m1/s1. The minimum Gasteiger partial charge on any atom is -0.326 e. The molecule has 1 aliphatic heterocycles. The Morgan fingerprint density at radius 2 is 2.12 bits per heavy atom. The second kappa shape index (κ2) is 9.80. The van der Waals surface area contributed by atoms with E-state index in [4.69, 9.17) is 5.53 Å². The predicted octanol–water partition coefficient (Wildman–Crippen LogP) is 4.68. The first-order valence-corrected chi connectivity index (χ1v) is 8.91. The van der Waals surface area contributed by atoms with Crippen LogP contribution < -0.4 is 0 Å². The molecule has 0 unspecified atom stereocenters. The largest absolute Gasteiger partial charge is 0.326 e. The van der Waals surface area contributed by atoms with E-state index in [1.165, 1.54) is 16.7 Å². The number of nitrogens with zero attached hydrogens (tertiary/aromatic N) is 4. The van der Waals surface area contributed by atoms with Crippen LogP contribution >= 0.6 is 11.8 Å². The maximum Gasteiger partial charge on any atom is 0.311 e. The highest BCUT2D eigenvalue weighted by atomic mass is 32.2. The molecule has 0 fully saturated rings. The monoisotopic (exact) mass is 344 g/mol. The second-order valence-corrected chi connectivity index (χ2v) is 6.59. The Hall–Kier alpha value is -2.24. The first kappa shape index (κ1) is 18.1. The van der Waals surface area contributed by atoms with Crippen molar-refractivity contribution in [2.75, 3.05) is 5.75 Å². The molecule has 0 bridgehead atoms. The lowest BCUT2D eigenvalue weighted by Gasteiger charge is -2.28. The summed E-state index contributed by atoms with van der Waals surface area (Å²) in [5, 5.41) is 3.40. The number of amides is 2. The van der Waals surface area contributed by atoms with E-state index in [1.54, 1.807) is 0 Å². The Morgan fingerprint density at radius 3 is 2.88 bits per heavy atom. The molecule has 6 nitrogen and oxygen atoms in total. The fraction of sp³-hybridized carbons (Fsp3) is 0.412. The third-order valence-corrected chi connectivity index (χ3v) is 4.78. The summed E-state index contributed by atoms with van der Waals surface area (Å²) in [6.45, 7) is 0.336. The third kappa shape index (κ3) is 5.76. The van der Waals surface area contributed by atoms with Crippen molar-refractivity contribution in [2.45, 2.75) is 38.3 Å². The van der Waals surface area contributed by atoms with Crippen LogP contribution in [0.3, 0.4) is 0 Å². The molecule has 1 atom stereocenters. The van der Waals surface area contributed by atoms with Crippen molar-refractivity contribution in [1.82, 2.24) is 4.90 Å². The molecule has 7 heteroatoms. The molecule has 1 aromatic carbocycles. The van der Waals surface area contributed by atoms with Gasteiger partial charge in [0.2, 0.25) is 0 Å². The van der Waals surface area contributed by atoms with E-state index in [-0.39, 0.29) is 11.2 Å². The fourth-order valence-corrected chi connectivity index (χ4v) is 3.42. The van der Waals surface area contributed by atoms with Gasteiger partial charge in [-0.3, -0.25) is 9.59 Å². The van der Waals surface area contributed by atoms with Gasteiger partial charge in [0, 0.05) is 28.7 Å². The van der Waals surface area contributed by atoms with Gasteiger partial charge in [-0.25, -0.2) is 0 Å². The number of hydrogen-bond donors (Lipinski definition) is 0. The average molecular weight is 344 g/mol. The number of urea groups is 1. The van der Waals surface area contributed by atoms with Gasteiger partial charge < -0.3 is 4.90 Å². The Kier molecular flexibility index (Phi) is 7.39. The van der Waals surface area contributed by atoms with Crippen LogP contribution in [0, 0.1) is 0 Å². The maximum atomic E-state index is 12.3. The normalized spacial score (nSPS) is 19.8. The number of carbonyl (C=O) groups is 2. The number of thioether (sulfide) groups is 1. The fourth-order valence-electron chi connectivity index (χ4n) is 2.49. The molecular formula is C17H20N4O2S. The van der Waals surface area contributed by atoms with Gasteiger partial charge >= 0.3 is 6.03 Å². The average Bonchev–Trinajstić information content (AvgIpc) is 2.60. The molecule has 0 N–H and O–H groups in total. The molecule has 24 heavy (non-hydrogen) atoms. The molecule has 0 spiro atoms. The van der Waals surface area contributed by atoms with Gasteiger partial charge in [-0.2, -0.15) is 0 Å². The highest BCUT2D eigenvalue weighted by Crippen LogP contribution is 2.20. The second-order valence-electron chi connectivity index (χ2n) is 5.51. The van der Waals surface area contributed by atoms with Crippen molar-refractivity contribution >= 4 is 22.9 Å². The number of benzene rings is 1. The van der Waals surface area contributed by atoms with Crippen molar-refractivity contribution in [1.29, 1.82) is 0 Å². The van der Waals surface area contributed by atoms with E-state index >= 15 is 0 Å². The molecule has 0 radical (unpaired) electrons. The van der Waals surface area contributed by atoms with Gasteiger partial charge in [-0.05, 0) is 30.4 Å². The number of hydrogen-bond acceptors (Lipinski definition) is 3. The maximum absolute atomic E-state index is 12.3. The van der Waals surface area contributed by atoms with Crippen LogP contribution in [0.1, 0.15) is 31.2 Å². The molecule has 0 saturated carbocycles. The van der Waals surface area contributed by atoms with Gasteiger partial charge in [0.15, 0.2) is 5.12 Å². The molecule has 0 saturated heterocycles. The van der Waals surface area contributed by atoms with E-state index in [9.17, 15) is 9.59 Å². The summed E-state index contributed by atoms with van der Waals surface area (Å²) in [7, 11) is 0. The van der Waals surface area contributed by atoms with Crippen molar-refractivity contribution in [3.63, 3.8) is 0 Å². The molecule has 1 aromatic rings. The minimum absolute atomic E-state index is 0.145. The van der Waals surface area contributed by atoms with Gasteiger partial charge in [0.05, 0.1) is 6.04 Å². The Morgan fingerprint density at radius 1 is 1.33 bits per heavy atom. The smallest absolute Gasteiger partial charge is 0.311 e. The Bertz CT molecular complexity index is 641. The molecule has 0 aliphatic carbocycles. The summed E-state index contributed by atoms with van der Waals surface area (Å²) in [6, 6.07) is 8.62. The van der Waals surface area contributed by atoms with Crippen LogP contribution in [0.4, 0.5) is 4.79 Å². The van der Waals surface area contributed by atoms with Crippen LogP contribution in [0.15, 0.2) is 47.6 Å². The van der Waals surface area contributed by atoms with E-state index in [1.807, 2.05) is 42.5 Å². The zero-order chi connectivity index (χ0) is 17.2. The number of rotatable bonds is 3. The van der Waals surface area contributed by atoms with Gasteiger partial charge in [0.25, 0.3) is 0 Å². The van der Waals surface area contributed by atoms with Gasteiger partial charge in [-0.1, -0.05) is 54.2 Å². The first-order valence-electron chi connectivity index (χ1n) is 7.92. The molecule has 1 aliphatic rings. The van der Waals surface area contributed by atoms with Crippen LogP contribution in [-0.4, -0.2) is 27.8 Å². The van der Waals surface area contributed by atoms with E-state index in [0.717, 1.165) is 24.8 Å². The Balaban J connectivity index is 2.22. The van der Waals surface area contributed by atoms with Gasteiger partial charge in [-0.15, -0.1) is 0 Å². The van der Waals surface area contributed by atoms with E-state index in [0.29, 0.717) is 18.7 Å². The minimum atomic E-state index is -0.624. The quantitative estimate of drug-likeness (QED) is 0.345. The van der Waals surface area contributed by atoms with Crippen molar-refractivity contribution < 1.29 is 9.59 Å².